The maximum atomic E-state index is 10.7. The van der Waals surface area contributed by atoms with Gasteiger partial charge < -0.3 is 5.11 Å². The Morgan fingerprint density at radius 3 is 2.47 bits per heavy atom. The molecule has 5 heteroatoms. The summed E-state index contributed by atoms with van der Waals surface area (Å²) in [6.45, 7) is 1.97. The third kappa shape index (κ3) is 3.26. The molecule has 19 heavy (non-hydrogen) atoms. The van der Waals surface area contributed by atoms with Crippen molar-refractivity contribution >= 4 is 17.4 Å². The number of rotatable bonds is 4. The molecule has 0 radical (unpaired) electrons. The van der Waals surface area contributed by atoms with E-state index in [9.17, 15) is 15.2 Å². The quantitative estimate of drug-likeness (QED) is 0.676. The van der Waals surface area contributed by atoms with Gasteiger partial charge in [0, 0.05) is 21.9 Å². The lowest BCUT2D eigenvalue weighted by atomic mass is 10.1. The summed E-state index contributed by atoms with van der Waals surface area (Å²) < 4.78 is 0. The highest BCUT2D eigenvalue weighted by Crippen LogP contribution is 2.33. The van der Waals surface area contributed by atoms with Gasteiger partial charge in [0.15, 0.2) is 0 Å². The number of hydrogen-bond acceptors (Lipinski definition) is 4. The Morgan fingerprint density at radius 1 is 1.21 bits per heavy atom. The zero-order valence-corrected chi connectivity index (χ0v) is 11.2. The van der Waals surface area contributed by atoms with Crippen molar-refractivity contribution < 1.29 is 10.0 Å². The van der Waals surface area contributed by atoms with E-state index in [4.69, 9.17) is 0 Å². The Morgan fingerprint density at radius 2 is 1.89 bits per heavy atom. The van der Waals surface area contributed by atoms with E-state index in [1.165, 1.54) is 17.8 Å². The van der Waals surface area contributed by atoms with Crippen LogP contribution in [0.5, 0.6) is 5.75 Å². The van der Waals surface area contributed by atoms with Crippen molar-refractivity contribution in [2.24, 2.45) is 0 Å². The van der Waals surface area contributed by atoms with Crippen molar-refractivity contribution in [2.75, 3.05) is 0 Å². The Kier molecular flexibility index (Phi) is 4.06. The number of nitro benzene ring substituents is 1. The number of hydrogen-bond donors (Lipinski definition) is 1. The number of phenolic OH excluding ortho intramolecular Hbond substituents is 1. The number of benzene rings is 2. The van der Waals surface area contributed by atoms with Crippen molar-refractivity contribution in [1.29, 1.82) is 0 Å². The van der Waals surface area contributed by atoms with E-state index in [-0.39, 0.29) is 16.4 Å². The molecule has 0 atom stereocenters. The second kappa shape index (κ2) is 5.75. The minimum atomic E-state index is -0.381. The molecule has 0 saturated carbocycles. The molecule has 0 amide bonds. The standard InChI is InChI=1S/C14H13NO3S/c1-2-10-9-11(15(17)18)3-8-14(10)19-13-6-4-12(16)5-7-13/h3-9,16H,2H2,1H3. The van der Waals surface area contributed by atoms with Gasteiger partial charge in [0.05, 0.1) is 4.92 Å². The van der Waals surface area contributed by atoms with Gasteiger partial charge in [0.25, 0.3) is 5.69 Å². The second-order valence-electron chi connectivity index (χ2n) is 4.00. The maximum Gasteiger partial charge on any atom is 0.269 e. The average Bonchev–Trinajstić information content (AvgIpc) is 2.41. The number of nitrogens with zero attached hydrogens (tertiary/aromatic N) is 1. The SMILES string of the molecule is CCc1cc([N+](=O)[O-])ccc1Sc1ccc(O)cc1. The summed E-state index contributed by atoms with van der Waals surface area (Å²) in [7, 11) is 0. The molecule has 0 fully saturated rings. The van der Waals surface area contributed by atoms with E-state index in [2.05, 4.69) is 0 Å². The minimum Gasteiger partial charge on any atom is -0.508 e. The molecule has 1 N–H and O–H groups in total. The van der Waals surface area contributed by atoms with Crippen LogP contribution in [0.1, 0.15) is 12.5 Å². The lowest BCUT2D eigenvalue weighted by Crippen LogP contribution is -1.92. The van der Waals surface area contributed by atoms with Gasteiger partial charge in [0.1, 0.15) is 5.75 Å². The normalized spacial score (nSPS) is 10.4. The van der Waals surface area contributed by atoms with Crippen molar-refractivity contribution in [1.82, 2.24) is 0 Å². The van der Waals surface area contributed by atoms with E-state index < -0.39 is 0 Å². The van der Waals surface area contributed by atoms with Gasteiger partial charge >= 0.3 is 0 Å². The summed E-state index contributed by atoms with van der Waals surface area (Å²) in [5, 5.41) is 20.0. The van der Waals surface area contributed by atoms with Crippen molar-refractivity contribution in [2.45, 2.75) is 23.1 Å². The van der Waals surface area contributed by atoms with E-state index in [1.54, 1.807) is 24.3 Å². The predicted octanol–water partition coefficient (Wildman–Crippen LogP) is 4.01. The molecule has 0 aliphatic carbocycles. The van der Waals surface area contributed by atoms with E-state index in [1.807, 2.05) is 19.1 Å². The molecule has 0 aliphatic heterocycles. The zero-order chi connectivity index (χ0) is 13.8. The molecule has 0 heterocycles. The largest absolute Gasteiger partial charge is 0.508 e. The van der Waals surface area contributed by atoms with Crippen LogP contribution in [-0.4, -0.2) is 10.0 Å². The van der Waals surface area contributed by atoms with Crippen LogP contribution in [0.25, 0.3) is 0 Å². The Labute approximate surface area is 115 Å². The number of aryl methyl sites for hydroxylation is 1. The second-order valence-corrected chi connectivity index (χ2v) is 5.11. The fourth-order valence-corrected chi connectivity index (χ4v) is 2.69. The summed E-state index contributed by atoms with van der Waals surface area (Å²) in [6.07, 6.45) is 0.738. The molecule has 0 spiro atoms. The Balaban J connectivity index is 2.29. The molecular weight excluding hydrogens is 262 g/mol. The summed E-state index contributed by atoms with van der Waals surface area (Å²) in [5.74, 6) is 0.226. The minimum absolute atomic E-state index is 0.118. The zero-order valence-electron chi connectivity index (χ0n) is 10.4. The molecule has 2 rings (SSSR count). The number of non-ortho nitro benzene ring substituents is 1. The number of aromatic hydroxyl groups is 1. The predicted molar refractivity (Wildman–Crippen MR) is 74.7 cm³/mol. The molecule has 2 aromatic carbocycles. The van der Waals surface area contributed by atoms with Crippen LogP contribution in [0.2, 0.25) is 0 Å². The first-order chi connectivity index (χ1) is 9.10. The lowest BCUT2D eigenvalue weighted by molar-refractivity contribution is -0.385. The molecule has 4 nitrogen and oxygen atoms in total. The van der Waals surface area contributed by atoms with Gasteiger partial charge in [-0.3, -0.25) is 10.1 Å². The van der Waals surface area contributed by atoms with Crippen LogP contribution < -0.4 is 0 Å². The van der Waals surface area contributed by atoms with Crippen LogP contribution in [0.3, 0.4) is 0 Å². The fourth-order valence-electron chi connectivity index (χ4n) is 1.70. The van der Waals surface area contributed by atoms with E-state index in [0.29, 0.717) is 0 Å². The third-order valence-corrected chi connectivity index (χ3v) is 3.83. The van der Waals surface area contributed by atoms with Gasteiger partial charge in [-0.05, 0) is 42.3 Å². The van der Waals surface area contributed by atoms with Crippen molar-refractivity contribution in [3.05, 3.63) is 58.1 Å². The van der Waals surface area contributed by atoms with Crippen LogP contribution in [0.15, 0.2) is 52.3 Å². The lowest BCUT2D eigenvalue weighted by Gasteiger charge is -2.07. The van der Waals surface area contributed by atoms with Gasteiger partial charge in [-0.15, -0.1) is 0 Å². The third-order valence-electron chi connectivity index (χ3n) is 2.70. The first-order valence-electron chi connectivity index (χ1n) is 5.84. The maximum absolute atomic E-state index is 10.7. The first kappa shape index (κ1) is 13.4. The molecule has 0 aliphatic rings. The molecule has 0 bridgehead atoms. The van der Waals surface area contributed by atoms with Gasteiger partial charge in [-0.1, -0.05) is 18.7 Å². The molecular formula is C14H13NO3S. The van der Waals surface area contributed by atoms with Crippen LogP contribution >= 0.6 is 11.8 Å². The van der Waals surface area contributed by atoms with Crippen molar-refractivity contribution in [3.63, 3.8) is 0 Å². The average molecular weight is 275 g/mol. The Bertz CT molecular complexity index is 596. The van der Waals surface area contributed by atoms with Crippen molar-refractivity contribution in [3.8, 4) is 5.75 Å². The van der Waals surface area contributed by atoms with E-state index >= 15 is 0 Å². The monoisotopic (exact) mass is 275 g/mol. The van der Waals surface area contributed by atoms with Crippen LogP contribution in [0, 0.1) is 10.1 Å². The smallest absolute Gasteiger partial charge is 0.269 e. The van der Waals surface area contributed by atoms with Gasteiger partial charge in [0.2, 0.25) is 0 Å². The van der Waals surface area contributed by atoms with Gasteiger partial charge in [-0.25, -0.2) is 0 Å². The highest BCUT2D eigenvalue weighted by atomic mass is 32.2. The molecule has 2 aromatic rings. The highest BCUT2D eigenvalue weighted by molar-refractivity contribution is 7.99. The summed E-state index contributed by atoms with van der Waals surface area (Å²) >= 11 is 1.53. The highest BCUT2D eigenvalue weighted by Gasteiger charge is 2.10. The molecule has 98 valence electrons. The fraction of sp³-hybridized carbons (Fsp3) is 0.143. The first-order valence-corrected chi connectivity index (χ1v) is 6.66. The van der Waals surface area contributed by atoms with Gasteiger partial charge in [-0.2, -0.15) is 0 Å². The number of nitro groups is 1. The number of phenols is 1. The summed E-state index contributed by atoms with van der Waals surface area (Å²) in [4.78, 5) is 12.4. The van der Waals surface area contributed by atoms with Crippen LogP contribution in [-0.2, 0) is 6.42 Å². The molecule has 0 saturated heterocycles. The molecule has 0 unspecified atom stereocenters. The summed E-state index contributed by atoms with van der Waals surface area (Å²) in [5.41, 5.74) is 1.07. The summed E-state index contributed by atoms with van der Waals surface area (Å²) in [6, 6.07) is 11.8. The Hall–Kier alpha value is -2.01. The van der Waals surface area contributed by atoms with E-state index in [0.717, 1.165) is 21.8 Å². The topological polar surface area (TPSA) is 63.4 Å². The molecule has 0 aromatic heterocycles. The van der Waals surface area contributed by atoms with Crippen LogP contribution in [0.4, 0.5) is 5.69 Å².